The molecule has 2 aromatic heterocycles. The topological polar surface area (TPSA) is 83.3 Å². The third-order valence-electron chi connectivity index (χ3n) is 4.51. The van der Waals surface area contributed by atoms with Crippen LogP contribution in [0, 0.1) is 17.9 Å². The monoisotopic (exact) mass is 356 g/mol. The highest BCUT2D eigenvalue weighted by atomic mass is 16.4. The molecule has 0 saturated carbocycles. The normalized spacial score (nSPS) is 10.2. The number of aromatic carboxylic acids is 1. The highest BCUT2D eigenvalue weighted by molar-refractivity contribution is 6.00. The first-order valence-corrected chi connectivity index (χ1v) is 8.31. The lowest BCUT2D eigenvalue weighted by molar-refractivity contribution is 0.0687. The van der Waals surface area contributed by atoms with Crippen molar-refractivity contribution in [1.82, 2.24) is 9.55 Å². The molecule has 0 aliphatic heterocycles. The first-order valence-electron chi connectivity index (χ1n) is 8.31. The van der Waals surface area contributed by atoms with E-state index in [0.29, 0.717) is 40.2 Å². The van der Waals surface area contributed by atoms with Gasteiger partial charge in [-0.15, -0.1) is 0 Å². The fourth-order valence-electron chi connectivity index (χ4n) is 3.29. The number of aromatic nitrogens is 2. The van der Waals surface area contributed by atoms with Gasteiger partial charge >= 0.3 is 5.97 Å². The largest absolute Gasteiger partial charge is 0.477 e. The van der Waals surface area contributed by atoms with Gasteiger partial charge in [0.15, 0.2) is 0 Å². The van der Waals surface area contributed by atoms with Gasteiger partial charge in [-0.25, -0.2) is 9.64 Å². The van der Waals surface area contributed by atoms with Gasteiger partial charge in [0.25, 0.3) is 0 Å². The van der Waals surface area contributed by atoms with Crippen molar-refractivity contribution in [3.05, 3.63) is 71.0 Å². The van der Waals surface area contributed by atoms with Gasteiger partial charge in [-0.1, -0.05) is 31.2 Å². The average Bonchev–Trinajstić information content (AvgIpc) is 2.99. The van der Waals surface area contributed by atoms with E-state index in [-0.39, 0.29) is 5.69 Å². The summed E-state index contributed by atoms with van der Waals surface area (Å²) >= 11 is 0. The summed E-state index contributed by atoms with van der Waals surface area (Å²) in [6.45, 7) is 9.43. The predicted octanol–water partition coefficient (Wildman–Crippen LogP) is 4.44. The van der Waals surface area contributed by atoms with Crippen LogP contribution in [0.2, 0.25) is 0 Å². The van der Waals surface area contributed by atoms with E-state index in [0.717, 1.165) is 5.56 Å². The SMILES string of the molecule is [C-]#[N+]c1c(-c2ccc(-c3ncccc3C#N)cc2)c(C(=O)O)n(C)c1CC. The molecule has 0 radical (unpaired) electrons. The molecule has 6 heteroatoms. The molecule has 1 aromatic carbocycles. The fraction of sp³-hybridized carbons (Fsp3) is 0.143. The molecule has 0 aliphatic rings. The second-order valence-corrected chi connectivity index (χ2v) is 5.94. The van der Waals surface area contributed by atoms with Crippen LogP contribution in [-0.4, -0.2) is 20.6 Å². The molecule has 0 aliphatic carbocycles. The van der Waals surface area contributed by atoms with Crippen molar-refractivity contribution < 1.29 is 9.90 Å². The van der Waals surface area contributed by atoms with Crippen LogP contribution in [0.4, 0.5) is 5.69 Å². The third-order valence-corrected chi connectivity index (χ3v) is 4.51. The number of nitrogens with zero attached hydrogens (tertiary/aromatic N) is 4. The summed E-state index contributed by atoms with van der Waals surface area (Å²) in [4.78, 5) is 19.7. The lowest BCUT2D eigenvalue weighted by Crippen LogP contribution is -2.07. The second-order valence-electron chi connectivity index (χ2n) is 5.94. The minimum absolute atomic E-state index is 0.0983. The Bertz CT molecular complexity index is 1110. The van der Waals surface area contributed by atoms with Gasteiger partial charge in [0.05, 0.1) is 17.8 Å². The fourth-order valence-corrected chi connectivity index (χ4v) is 3.29. The number of hydrogen-bond donors (Lipinski definition) is 1. The van der Waals surface area contributed by atoms with E-state index in [1.165, 1.54) is 0 Å². The Hall–Kier alpha value is -3.90. The van der Waals surface area contributed by atoms with Crippen LogP contribution in [-0.2, 0) is 13.5 Å². The molecule has 1 N–H and O–H groups in total. The lowest BCUT2D eigenvalue weighted by Gasteiger charge is -2.07. The second kappa shape index (κ2) is 7.15. The molecule has 0 atom stereocenters. The highest BCUT2D eigenvalue weighted by Gasteiger charge is 2.25. The molecular weight excluding hydrogens is 340 g/mol. The van der Waals surface area contributed by atoms with Crippen LogP contribution < -0.4 is 0 Å². The van der Waals surface area contributed by atoms with Crippen LogP contribution in [0.5, 0.6) is 0 Å². The van der Waals surface area contributed by atoms with Gasteiger partial charge in [0.1, 0.15) is 11.8 Å². The molecule has 0 unspecified atom stereocenters. The molecular formula is C21H16N4O2. The van der Waals surface area contributed by atoms with Gasteiger partial charge < -0.3 is 9.67 Å². The van der Waals surface area contributed by atoms with E-state index in [2.05, 4.69) is 15.9 Å². The summed E-state index contributed by atoms with van der Waals surface area (Å²) in [5, 5.41) is 18.9. The van der Waals surface area contributed by atoms with Gasteiger partial charge in [-0.3, -0.25) is 4.98 Å². The average molecular weight is 356 g/mol. The smallest absolute Gasteiger partial charge is 0.351 e. The van der Waals surface area contributed by atoms with Gasteiger partial charge in [-0.2, -0.15) is 5.26 Å². The quantitative estimate of drug-likeness (QED) is 0.701. The van der Waals surface area contributed by atoms with E-state index >= 15 is 0 Å². The Morgan fingerprint density at radius 2 is 1.96 bits per heavy atom. The molecule has 0 bridgehead atoms. The van der Waals surface area contributed by atoms with E-state index in [1.54, 1.807) is 54.2 Å². The van der Waals surface area contributed by atoms with Crippen LogP contribution in [0.3, 0.4) is 0 Å². The Kier molecular flexibility index (Phi) is 4.74. The third kappa shape index (κ3) is 2.94. The molecule has 3 rings (SSSR count). The predicted molar refractivity (Wildman–Crippen MR) is 101 cm³/mol. The number of rotatable bonds is 4. The molecule has 0 fully saturated rings. The number of pyridine rings is 1. The summed E-state index contributed by atoms with van der Waals surface area (Å²) in [5.74, 6) is -1.07. The Labute approximate surface area is 156 Å². The van der Waals surface area contributed by atoms with E-state index in [4.69, 9.17) is 6.57 Å². The number of carbonyl (C=O) groups is 1. The Balaban J connectivity index is 2.18. The zero-order valence-electron chi connectivity index (χ0n) is 14.9. The van der Waals surface area contributed by atoms with Crippen LogP contribution in [0.25, 0.3) is 27.2 Å². The summed E-state index contributed by atoms with van der Waals surface area (Å²) in [6, 6.07) is 12.6. The number of nitriles is 1. The molecule has 0 spiro atoms. The lowest BCUT2D eigenvalue weighted by atomic mass is 9.99. The summed E-state index contributed by atoms with van der Waals surface area (Å²) in [7, 11) is 1.67. The number of benzene rings is 1. The number of carboxylic acid groups (broad SMARTS) is 1. The van der Waals surface area contributed by atoms with Gasteiger partial charge in [-0.05, 0) is 24.1 Å². The number of hydrogen-bond acceptors (Lipinski definition) is 3. The van der Waals surface area contributed by atoms with Crippen molar-refractivity contribution in [2.45, 2.75) is 13.3 Å². The van der Waals surface area contributed by atoms with Crippen LogP contribution in [0.15, 0.2) is 42.6 Å². The first-order chi connectivity index (χ1) is 13.0. The van der Waals surface area contributed by atoms with E-state index in [1.807, 2.05) is 6.92 Å². The maximum atomic E-state index is 11.8. The standard InChI is InChI=1S/C21H16N4O2/c1-4-16-19(23-2)17(20(21(26)27)25(16)3)13-7-9-14(10-8-13)18-15(12-22)6-5-11-24-18/h5-11H,4H2,1,3H3,(H,26,27). The minimum Gasteiger partial charge on any atom is -0.477 e. The maximum Gasteiger partial charge on any atom is 0.351 e. The maximum absolute atomic E-state index is 11.8. The van der Waals surface area contributed by atoms with Crippen LogP contribution >= 0.6 is 0 Å². The summed E-state index contributed by atoms with van der Waals surface area (Å²) < 4.78 is 1.57. The highest BCUT2D eigenvalue weighted by Crippen LogP contribution is 2.40. The van der Waals surface area contributed by atoms with Gasteiger partial charge in [0, 0.05) is 30.1 Å². The zero-order valence-corrected chi connectivity index (χ0v) is 14.9. The van der Waals surface area contributed by atoms with Gasteiger partial charge in [0.2, 0.25) is 5.69 Å². The Morgan fingerprint density at radius 3 is 2.52 bits per heavy atom. The first kappa shape index (κ1) is 17.9. The summed E-state index contributed by atoms with van der Waals surface area (Å²) in [5.41, 5.74) is 4.00. The van der Waals surface area contributed by atoms with Crippen molar-refractivity contribution in [2.75, 3.05) is 0 Å². The van der Waals surface area contributed by atoms with Crippen molar-refractivity contribution in [2.24, 2.45) is 7.05 Å². The number of carboxylic acids is 1. The minimum atomic E-state index is -1.07. The van der Waals surface area contributed by atoms with Crippen molar-refractivity contribution in [1.29, 1.82) is 5.26 Å². The van der Waals surface area contributed by atoms with Crippen molar-refractivity contribution in [3.63, 3.8) is 0 Å². The molecule has 132 valence electrons. The molecule has 0 amide bonds. The van der Waals surface area contributed by atoms with Crippen LogP contribution in [0.1, 0.15) is 28.7 Å². The summed E-state index contributed by atoms with van der Waals surface area (Å²) in [6.07, 6.45) is 2.18. The molecule has 3 aromatic rings. The molecule has 27 heavy (non-hydrogen) atoms. The van der Waals surface area contributed by atoms with E-state index in [9.17, 15) is 15.2 Å². The zero-order chi connectivity index (χ0) is 19.6. The molecule has 6 nitrogen and oxygen atoms in total. The van der Waals surface area contributed by atoms with Crippen molar-refractivity contribution >= 4 is 11.7 Å². The Morgan fingerprint density at radius 1 is 1.30 bits per heavy atom. The van der Waals surface area contributed by atoms with Crippen molar-refractivity contribution in [3.8, 4) is 28.5 Å². The van der Waals surface area contributed by atoms with E-state index < -0.39 is 5.97 Å². The molecule has 0 saturated heterocycles. The molecule has 2 heterocycles.